The van der Waals surface area contributed by atoms with Crippen LogP contribution in [0, 0.1) is 3.57 Å². The Morgan fingerprint density at radius 2 is 2.06 bits per heavy atom. The summed E-state index contributed by atoms with van der Waals surface area (Å²) in [5.41, 5.74) is 1.01. The lowest BCUT2D eigenvalue weighted by molar-refractivity contribution is 0.931. The van der Waals surface area contributed by atoms with Gasteiger partial charge in [0.15, 0.2) is 0 Å². The van der Waals surface area contributed by atoms with Crippen molar-refractivity contribution in [2.45, 2.75) is 18.8 Å². The summed E-state index contributed by atoms with van der Waals surface area (Å²) in [4.78, 5) is 8.78. The summed E-state index contributed by atoms with van der Waals surface area (Å²) in [5.74, 6) is 2.12. The van der Waals surface area contributed by atoms with Gasteiger partial charge in [-0.1, -0.05) is 17.7 Å². The highest BCUT2D eigenvalue weighted by Gasteiger charge is 2.27. The third-order valence-electron chi connectivity index (χ3n) is 2.75. The van der Waals surface area contributed by atoms with Crippen molar-refractivity contribution in [3.8, 4) is 0 Å². The van der Waals surface area contributed by atoms with Crippen molar-refractivity contribution in [2.24, 2.45) is 0 Å². The molecule has 1 N–H and O–H groups in total. The number of benzene rings is 1. The second-order valence-corrected chi connectivity index (χ2v) is 5.98. The maximum Gasteiger partial charge on any atom is 0.135 e. The number of nitrogens with one attached hydrogen (secondary N) is 1. The van der Waals surface area contributed by atoms with E-state index in [0.717, 1.165) is 17.3 Å². The zero-order chi connectivity index (χ0) is 12.5. The summed E-state index contributed by atoms with van der Waals surface area (Å²) in [7, 11) is 0. The highest BCUT2D eigenvalue weighted by Crippen LogP contribution is 2.39. The molecule has 1 aromatic carbocycles. The van der Waals surface area contributed by atoms with E-state index in [4.69, 9.17) is 11.6 Å². The standard InChI is InChI=1S/C13H11ClIN3/c14-11-7-12(18-13(17-11)8-4-5-8)16-10-3-1-2-9(15)6-10/h1-3,6-8H,4-5H2,(H,16,17,18). The molecule has 1 saturated carbocycles. The van der Waals surface area contributed by atoms with Gasteiger partial charge in [-0.15, -0.1) is 0 Å². The zero-order valence-corrected chi connectivity index (χ0v) is 12.4. The Hall–Kier alpha value is -0.880. The van der Waals surface area contributed by atoms with Crippen LogP contribution >= 0.6 is 34.2 Å². The molecule has 0 amide bonds. The molecule has 5 heteroatoms. The van der Waals surface area contributed by atoms with E-state index in [2.05, 4.69) is 43.9 Å². The average Bonchev–Trinajstić information content (AvgIpc) is 3.11. The Morgan fingerprint density at radius 1 is 1.22 bits per heavy atom. The van der Waals surface area contributed by atoms with Crippen LogP contribution in [0.25, 0.3) is 0 Å². The molecule has 3 nitrogen and oxygen atoms in total. The lowest BCUT2D eigenvalue weighted by Gasteiger charge is -2.07. The predicted octanol–water partition coefficient (Wildman–Crippen LogP) is 4.36. The van der Waals surface area contributed by atoms with Crippen LogP contribution in [0.3, 0.4) is 0 Å². The molecule has 1 aliphatic carbocycles. The van der Waals surface area contributed by atoms with Crippen molar-refractivity contribution in [1.82, 2.24) is 9.97 Å². The second kappa shape index (κ2) is 5.01. The topological polar surface area (TPSA) is 37.8 Å². The van der Waals surface area contributed by atoms with Gasteiger partial charge in [0.05, 0.1) is 0 Å². The smallest absolute Gasteiger partial charge is 0.135 e. The van der Waals surface area contributed by atoms with Crippen LogP contribution in [0.4, 0.5) is 11.5 Å². The van der Waals surface area contributed by atoms with Crippen molar-refractivity contribution >= 4 is 45.7 Å². The molecule has 1 heterocycles. The van der Waals surface area contributed by atoms with Crippen molar-refractivity contribution in [2.75, 3.05) is 5.32 Å². The molecule has 0 saturated heterocycles. The van der Waals surface area contributed by atoms with Crippen LogP contribution in [0.1, 0.15) is 24.6 Å². The van der Waals surface area contributed by atoms with Gasteiger partial charge in [0.25, 0.3) is 0 Å². The third-order valence-corrected chi connectivity index (χ3v) is 3.62. The van der Waals surface area contributed by atoms with Crippen LogP contribution in [-0.4, -0.2) is 9.97 Å². The van der Waals surface area contributed by atoms with Crippen molar-refractivity contribution in [3.05, 3.63) is 44.9 Å². The van der Waals surface area contributed by atoms with Crippen LogP contribution in [0.5, 0.6) is 0 Å². The minimum atomic E-state index is 0.500. The van der Waals surface area contributed by atoms with Crippen molar-refractivity contribution in [1.29, 1.82) is 0 Å². The molecule has 0 atom stereocenters. The molecule has 1 fully saturated rings. The number of anilines is 2. The Kier molecular flexibility index (Phi) is 3.39. The van der Waals surface area contributed by atoms with E-state index in [9.17, 15) is 0 Å². The lowest BCUT2D eigenvalue weighted by Crippen LogP contribution is -1.99. The van der Waals surface area contributed by atoms with E-state index in [1.165, 1.54) is 16.4 Å². The molecule has 1 aliphatic rings. The quantitative estimate of drug-likeness (QED) is 0.644. The molecule has 3 rings (SSSR count). The molecule has 1 aromatic heterocycles. The number of rotatable bonds is 3. The zero-order valence-electron chi connectivity index (χ0n) is 9.53. The van der Waals surface area contributed by atoms with E-state index >= 15 is 0 Å². The van der Waals surface area contributed by atoms with E-state index < -0.39 is 0 Å². The summed E-state index contributed by atoms with van der Waals surface area (Å²) < 4.78 is 1.18. The van der Waals surface area contributed by atoms with Gasteiger partial charge in [-0.2, -0.15) is 0 Å². The monoisotopic (exact) mass is 371 g/mol. The van der Waals surface area contributed by atoms with Gasteiger partial charge in [-0.3, -0.25) is 0 Å². The Balaban J connectivity index is 1.87. The summed E-state index contributed by atoms with van der Waals surface area (Å²) in [6.45, 7) is 0. The number of aromatic nitrogens is 2. The first-order valence-corrected chi connectivity index (χ1v) is 7.23. The summed E-state index contributed by atoms with van der Waals surface area (Å²) in [5, 5.41) is 3.77. The van der Waals surface area contributed by atoms with Gasteiger partial charge in [-0.05, 0) is 53.6 Å². The highest BCUT2D eigenvalue weighted by molar-refractivity contribution is 14.1. The fraction of sp³-hybridized carbons (Fsp3) is 0.231. The maximum atomic E-state index is 6.03. The molecular formula is C13H11ClIN3. The molecule has 0 radical (unpaired) electrons. The van der Waals surface area contributed by atoms with Gasteiger partial charge in [0.1, 0.15) is 16.8 Å². The number of halogens is 2. The van der Waals surface area contributed by atoms with Crippen LogP contribution < -0.4 is 5.32 Å². The van der Waals surface area contributed by atoms with Crippen LogP contribution in [0.15, 0.2) is 30.3 Å². The van der Waals surface area contributed by atoms with Crippen molar-refractivity contribution in [3.63, 3.8) is 0 Å². The predicted molar refractivity (Wildman–Crippen MR) is 81.5 cm³/mol. The van der Waals surface area contributed by atoms with E-state index in [1.807, 2.05) is 18.2 Å². The number of hydrogen-bond acceptors (Lipinski definition) is 3. The van der Waals surface area contributed by atoms with Gasteiger partial charge in [0, 0.05) is 21.2 Å². The lowest BCUT2D eigenvalue weighted by atomic mass is 10.3. The third kappa shape index (κ3) is 2.92. The van der Waals surface area contributed by atoms with Crippen LogP contribution in [0.2, 0.25) is 5.15 Å². The van der Waals surface area contributed by atoms with Gasteiger partial charge < -0.3 is 5.32 Å². The summed E-state index contributed by atoms with van der Waals surface area (Å²) in [6.07, 6.45) is 2.34. The van der Waals surface area contributed by atoms with Gasteiger partial charge >= 0.3 is 0 Å². The molecule has 2 aromatic rings. The van der Waals surface area contributed by atoms with E-state index in [0.29, 0.717) is 11.1 Å². The van der Waals surface area contributed by atoms with Crippen LogP contribution in [-0.2, 0) is 0 Å². The second-order valence-electron chi connectivity index (χ2n) is 4.34. The summed E-state index contributed by atoms with van der Waals surface area (Å²) >= 11 is 8.31. The molecule has 18 heavy (non-hydrogen) atoms. The highest BCUT2D eigenvalue weighted by atomic mass is 127. The maximum absolute atomic E-state index is 6.03. The van der Waals surface area contributed by atoms with Gasteiger partial charge in [0.2, 0.25) is 0 Å². The fourth-order valence-electron chi connectivity index (χ4n) is 1.74. The normalized spacial score (nSPS) is 14.6. The SMILES string of the molecule is Clc1cc(Nc2cccc(I)c2)nc(C2CC2)n1. The van der Waals surface area contributed by atoms with Crippen molar-refractivity contribution < 1.29 is 0 Å². The Labute approximate surface area is 124 Å². The van der Waals surface area contributed by atoms with E-state index in [-0.39, 0.29) is 0 Å². The molecule has 0 aliphatic heterocycles. The van der Waals surface area contributed by atoms with E-state index in [1.54, 1.807) is 6.07 Å². The minimum Gasteiger partial charge on any atom is -0.340 e. The minimum absolute atomic E-state index is 0.500. The first kappa shape index (κ1) is 12.2. The first-order chi connectivity index (χ1) is 8.70. The summed E-state index contributed by atoms with van der Waals surface area (Å²) in [6, 6.07) is 9.89. The largest absolute Gasteiger partial charge is 0.340 e. The first-order valence-electron chi connectivity index (χ1n) is 5.78. The fourth-order valence-corrected chi connectivity index (χ4v) is 2.47. The van der Waals surface area contributed by atoms with Gasteiger partial charge in [-0.25, -0.2) is 9.97 Å². The Morgan fingerprint density at radius 3 is 2.78 bits per heavy atom. The molecule has 92 valence electrons. The Bertz CT molecular complexity index is 584. The number of nitrogens with zero attached hydrogens (tertiary/aromatic N) is 2. The molecule has 0 bridgehead atoms. The number of hydrogen-bond donors (Lipinski definition) is 1. The molecule has 0 spiro atoms. The molecule has 0 unspecified atom stereocenters. The molecular weight excluding hydrogens is 361 g/mol. The average molecular weight is 372 g/mol.